The number of thiazole rings is 1. The van der Waals surface area contributed by atoms with Crippen LogP contribution in [0.2, 0.25) is 0 Å². The van der Waals surface area contributed by atoms with Crippen molar-refractivity contribution in [2.24, 2.45) is 0 Å². The first kappa shape index (κ1) is 18.1. The first-order valence-corrected chi connectivity index (χ1v) is 12.8. The van der Waals surface area contributed by atoms with E-state index in [0.29, 0.717) is 0 Å². The van der Waals surface area contributed by atoms with E-state index >= 15 is 0 Å². The molecule has 4 heteroatoms. The molecule has 2 aromatic carbocycles. The predicted octanol–water partition coefficient (Wildman–Crippen LogP) is 6.85. The molecule has 3 aromatic rings. The van der Waals surface area contributed by atoms with Gasteiger partial charge in [-0.3, -0.25) is 0 Å². The predicted molar refractivity (Wildman–Crippen MR) is 131 cm³/mol. The van der Waals surface area contributed by atoms with Crippen molar-refractivity contribution >= 4 is 44.6 Å². The van der Waals surface area contributed by atoms with Crippen LogP contribution in [0.3, 0.4) is 0 Å². The molecule has 2 nitrogen and oxygen atoms in total. The molecule has 0 N–H and O–H groups in total. The van der Waals surface area contributed by atoms with E-state index in [9.17, 15) is 0 Å². The molecule has 4 heterocycles. The monoisotopic (exact) mass is 439 g/mol. The third-order valence-electron chi connectivity index (χ3n) is 6.77. The second-order valence-electron chi connectivity index (χ2n) is 8.69. The van der Waals surface area contributed by atoms with Crippen LogP contribution in [0.1, 0.15) is 30.7 Å². The molecule has 0 bridgehead atoms. The minimum atomic E-state index is 1.12. The largest absolute Gasteiger partial charge is 0.334 e. The van der Waals surface area contributed by atoms with Crippen LogP contribution >= 0.6 is 23.1 Å². The van der Waals surface area contributed by atoms with Crippen LogP contribution in [0.5, 0.6) is 0 Å². The average molecular weight is 440 g/mol. The minimum Gasteiger partial charge on any atom is -0.334 e. The Balaban J connectivity index is 1.18. The zero-order valence-electron chi connectivity index (χ0n) is 17.3. The van der Waals surface area contributed by atoms with Crippen LogP contribution in [0, 0.1) is 0 Å². The third kappa shape index (κ3) is 2.89. The second-order valence-corrected chi connectivity index (χ2v) is 10.7. The standard InChI is InChI=1S/C27H23N2S2/c1-3-7-24-22(5-1)28-13-11-20(26(28)30-24)16-18-9-10-19(15-18)17-21-12-14-29-23-6-2-4-8-25(23)31-27(21)29/h1-8,15-17H,9-14H2/q+1. The van der Waals surface area contributed by atoms with Gasteiger partial charge in [-0.05, 0) is 60.3 Å². The normalized spacial score (nSPS) is 22.1. The van der Waals surface area contributed by atoms with Gasteiger partial charge in [0.2, 0.25) is 5.52 Å². The summed E-state index contributed by atoms with van der Waals surface area (Å²) in [5.41, 5.74) is 8.81. The molecule has 1 aliphatic carbocycles. The lowest BCUT2D eigenvalue weighted by Crippen LogP contribution is -2.30. The maximum absolute atomic E-state index is 2.51. The summed E-state index contributed by atoms with van der Waals surface area (Å²) in [5, 5.41) is 2.91. The molecule has 0 saturated carbocycles. The SMILES string of the molecule is C1=C(/C=C2/CC[n+]3c2sc2ccccc23)CC/C1=C\C1=C2Sc3ccccc3N2CC1. The van der Waals surface area contributed by atoms with Gasteiger partial charge >= 0.3 is 0 Å². The quantitative estimate of drug-likeness (QED) is 0.403. The fourth-order valence-electron chi connectivity index (χ4n) is 5.28. The number of hydrogen-bond donors (Lipinski definition) is 0. The average Bonchev–Trinajstić information content (AvgIpc) is 3.58. The van der Waals surface area contributed by atoms with Gasteiger partial charge in [0.25, 0.3) is 5.01 Å². The Morgan fingerprint density at radius 1 is 0.903 bits per heavy atom. The molecule has 7 rings (SSSR count). The van der Waals surface area contributed by atoms with E-state index in [2.05, 4.69) is 76.2 Å². The second kappa shape index (κ2) is 6.98. The molecule has 4 aliphatic rings. The third-order valence-corrected chi connectivity index (χ3v) is 9.25. The summed E-state index contributed by atoms with van der Waals surface area (Å²) < 4.78 is 3.91. The Morgan fingerprint density at radius 2 is 1.81 bits per heavy atom. The van der Waals surface area contributed by atoms with E-state index in [4.69, 9.17) is 0 Å². The number of aromatic nitrogens is 1. The number of anilines is 1. The zero-order chi connectivity index (χ0) is 20.4. The van der Waals surface area contributed by atoms with E-state index in [1.807, 2.05) is 23.1 Å². The summed E-state index contributed by atoms with van der Waals surface area (Å²) in [5.74, 6) is 0. The van der Waals surface area contributed by atoms with Gasteiger partial charge in [0, 0.05) is 29.5 Å². The maximum Gasteiger partial charge on any atom is 0.266 e. The van der Waals surface area contributed by atoms with Crippen molar-refractivity contribution in [3.8, 4) is 0 Å². The number of allylic oxidation sites excluding steroid dienone is 6. The van der Waals surface area contributed by atoms with Gasteiger partial charge in [-0.1, -0.05) is 59.5 Å². The summed E-state index contributed by atoms with van der Waals surface area (Å²) >= 11 is 3.89. The first-order chi connectivity index (χ1) is 15.3. The number of nitrogens with zero attached hydrogens (tertiary/aromatic N) is 2. The Hall–Kier alpha value is -2.56. The summed E-state index contributed by atoms with van der Waals surface area (Å²) in [4.78, 5) is 3.91. The molecular weight excluding hydrogens is 416 g/mol. The van der Waals surface area contributed by atoms with Gasteiger partial charge in [-0.25, -0.2) is 0 Å². The van der Waals surface area contributed by atoms with E-state index < -0.39 is 0 Å². The van der Waals surface area contributed by atoms with Crippen molar-refractivity contribution in [2.75, 3.05) is 11.4 Å². The van der Waals surface area contributed by atoms with Gasteiger partial charge in [-0.15, -0.1) is 0 Å². The van der Waals surface area contributed by atoms with Crippen molar-refractivity contribution in [3.63, 3.8) is 0 Å². The Bertz CT molecular complexity index is 1370. The molecule has 0 saturated heterocycles. The van der Waals surface area contributed by atoms with E-state index in [-0.39, 0.29) is 0 Å². The van der Waals surface area contributed by atoms with Crippen LogP contribution in [0.15, 0.2) is 93.4 Å². The van der Waals surface area contributed by atoms with Crippen molar-refractivity contribution in [2.45, 2.75) is 37.1 Å². The van der Waals surface area contributed by atoms with Gasteiger partial charge in [0.05, 0.1) is 10.7 Å². The molecule has 0 atom stereocenters. The first-order valence-electron chi connectivity index (χ1n) is 11.1. The van der Waals surface area contributed by atoms with Gasteiger partial charge in [0.15, 0.2) is 6.54 Å². The number of hydrogen-bond acceptors (Lipinski definition) is 3. The Kier molecular flexibility index (Phi) is 4.06. The fraction of sp³-hybridized carbons (Fsp3) is 0.222. The molecule has 0 spiro atoms. The van der Waals surface area contributed by atoms with Crippen LogP contribution in [-0.2, 0) is 6.54 Å². The van der Waals surface area contributed by atoms with Crippen molar-refractivity contribution in [1.82, 2.24) is 0 Å². The van der Waals surface area contributed by atoms with Gasteiger partial charge < -0.3 is 4.90 Å². The van der Waals surface area contributed by atoms with Crippen molar-refractivity contribution in [3.05, 3.63) is 93.5 Å². The lowest BCUT2D eigenvalue weighted by atomic mass is 10.1. The van der Waals surface area contributed by atoms with Crippen LogP contribution in [0.25, 0.3) is 15.8 Å². The molecule has 0 fully saturated rings. The lowest BCUT2D eigenvalue weighted by molar-refractivity contribution is -0.659. The molecule has 0 amide bonds. The van der Waals surface area contributed by atoms with E-state index in [0.717, 1.165) is 25.9 Å². The highest BCUT2D eigenvalue weighted by Gasteiger charge is 2.32. The summed E-state index contributed by atoms with van der Waals surface area (Å²) in [6.07, 6.45) is 12.1. The smallest absolute Gasteiger partial charge is 0.266 e. The molecule has 0 radical (unpaired) electrons. The number of aryl methyl sites for hydroxylation is 1. The number of thioether (sulfide) groups is 1. The Morgan fingerprint density at radius 3 is 2.81 bits per heavy atom. The number of benzene rings is 2. The van der Waals surface area contributed by atoms with Crippen molar-refractivity contribution in [1.29, 1.82) is 0 Å². The molecule has 31 heavy (non-hydrogen) atoms. The number of rotatable bonds is 2. The lowest BCUT2D eigenvalue weighted by Gasteiger charge is -2.13. The topological polar surface area (TPSA) is 7.12 Å². The molecule has 3 aliphatic heterocycles. The number of fused-ring (bicyclic) bond motifs is 6. The minimum absolute atomic E-state index is 1.12. The zero-order valence-corrected chi connectivity index (χ0v) is 18.9. The van der Waals surface area contributed by atoms with Crippen LogP contribution < -0.4 is 9.47 Å². The molecular formula is C27H23N2S2+. The van der Waals surface area contributed by atoms with Gasteiger partial charge in [0.1, 0.15) is 4.70 Å². The molecule has 1 aromatic heterocycles. The van der Waals surface area contributed by atoms with Crippen LogP contribution in [-0.4, -0.2) is 6.54 Å². The summed E-state index contributed by atoms with van der Waals surface area (Å²) in [6, 6.07) is 17.6. The van der Waals surface area contributed by atoms with Crippen LogP contribution in [0.4, 0.5) is 5.69 Å². The maximum atomic E-state index is 2.51. The molecule has 152 valence electrons. The van der Waals surface area contributed by atoms with Crippen molar-refractivity contribution < 1.29 is 4.57 Å². The highest BCUT2D eigenvalue weighted by molar-refractivity contribution is 8.03. The van der Waals surface area contributed by atoms with E-state index in [1.54, 1.807) is 0 Å². The fourth-order valence-corrected chi connectivity index (χ4v) is 7.74. The van der Waals surface area contributed by atoms with Gasteiger partial charge in [-0.2, -0.15) is 4.57 Å². The number of para-hydroxylation sites is 2. The highest BCUT2D eigenvalue weighted by atomic mass is 32.2. The Labute approximate surface area is 190 Å². The summed E-state index contributed by atoms with van der Waals surface area (Å²) in [7, 11) is 0. The van der Waals surface area contributed by atoms with E-state index in [1.165, 1.54) is 66.0 Å². The molecule has 0 unspecified atom stereocenters. The highest BCUT2D eigenvalue weighted by Crippen LogP contribution is 2.50. The summed E-state index contributed by atoms with van der Waals surface area (Å²) in [6.45, 7) is 2.23.